The summed E-state index contributed by atoms with van der Waals surface area (Å²) < 4.78 is 1.66. The molecule has 0 unspecified atom stereocenters. The minimum absolute atomic E-state index is 0.0911. The summed E-state index contributed by atoms with van der Waals surface area (Å²) in [4.78, 5) is 29.0. The van der Waals surface area contributed by atoms with Gasteiger partial charge in [-0.1, -0.05) is 31.5 Å². The average Bonchev–Trinajstić information content (AvgIpc) is 3.00. The molecule has 7 nitrogen and oxygen atoms in total. The van der Waals surface area contributed by atoms with E-state index in [0.717, 1.165) is 11.4 Å². The third kappa shape index (κ3) is 4.81. The van der Waals surface area contributed by atoms with Crippen LogP contribution in [0.5, 0.6) is 0 Å². The fraction of sp³-hybridized carbons (Fsp3) is 0.238. The Morgan fingerprint density at radius 2 is 1.72 bits per heavy atom. The number of benzene rings is 1. The van der Waals surface area contributed by atoms with Crippen LogP contribution in [0.2, 0.25) is 5.02 Å². The maximum atomic E-state index is 12.8. The molecule has 0 radical (unpaired) electrons. The third-order valence-corrected chi connectivity index (χ3v) is 4.49. The zero-order chi connectivity index (χ0) is 21.1. The Kier molecular flexibility index (Phi) is 5.98. The largest absolute Gasteiger partial charge is 0.326 e. The topological polar surface area (TPSA) is 88.9 Å². The van der Waals surface area contributed by atoms with Crippen molar-refractivity contribution >= 4 is 34.8 Å². The Morgan fingerprint density at radius 3 is 2.34 bits per heavy atom. The van der Waals surface area contributed by atoms with Crippen molar-refractivity contribution in [1.29, 1.82) is 0 Å². The Morgan fingerprint density at radius 1 is 1.03 bits per heavy atom. The quantitative estimate of drug-likeness (QED) is 0.651. The molecule has 0 fully saturated rings. The van der Waals surface area contributed by atoms with E-state index < -0.39 is 5.91 Å². The van der Waals surface area contributed by atoms with Crippen LogP contribution in [0.4, 0.5) is 11.4 Å². The Hall–Kier alpha value is -3.19. The van der Waals surface area contributed by atoms with Gasteiger partial charge in [0.1, 0.15) is 5.69 Å². The van der Waals surface area contributed by atoms with Crippen LogP contribution in [-0.2, 0) is 4.79 Å². The summed E-state index contributed by atoms with van der Waals surface area (Å²) in [5, 5.41) is 10.2. The summed E-state index contributed by atoms with van der Waals surface area (Å²) >= 11 is 6.21. The van der Waals surface area contributed by atoms with Gasteiger partial charge in [0.25, 0.3) is 5.91 Å². The van der Waals surface area contributed by atoms with Crippen LogP contribution in [0.25, 0.3) is 5.82 Å². The van der Waals surface area contributed by atoms with Gasteiger partial charge < -0.3 is 10.6 Å². The molecule has 0 aliphatic rings. The molecule has 2 heterocycles. The van der Waals surface area contributed by atoms with Crippen molar-refractivity contribution in [3.8, 4) is 5.82 Å². The second kappa shape index (κ2) is 8.45. The number of halogens is 1. The molecule has 0 atom stereocenters. The predicted octanol–water partition coefficient (Wildman–Crippen LogP) is 4.38. The van der Waals surface area contributed by atoms with Gasteiger partial charge in [0.2, 0.25) is 5.91 Å². The zero-order valence-corrected chi connectivity index (χ0v) is 17.4. The van der Waals surface area contributed by atoms with E-state index >= 15 is 0 Å². The number of anilines is 2. The lowest BCUT2D eigenvalue weighted by Crippen LogP contribution is -2.18. The number of nitrogens with zero attached hydrogens (tertiary/aromatic N) is 3. The summed E-state index contributed by atoms with van der Waals surface area (Å²) in [5.41, 5.74) is 2.96. The van der Waals surface area contributed by atoms with E-state index in [1.165, 1.54) is 0 Å². The molecule has 2 amide bonds. The Labute approximate surface area is 174 Å². The lowest BCUT2D eigenvalue weighted by molar-refractivity contribution is -0.118. The smallest absolute Gasteiger partial charge is 0.275 e. The highest BCUT2D eigenvalue weighted by Crippen LogP contribution is 2.21. The second-order valence-corrected chi connectivity index (χ2v) is 7.42. The highest BCUT2D eigenvalue weighted by atomic mass is 35.5. The predicted molar refractivity (Wildman–Crippen MR) is 114 cm³/mol. The first-order valence-electron chi connectivity index (χ1n) is 9.17. The molecule has 8 heteroatoms. The number of nitrogens with one attached hydrogen (secondary N) is 2. The molecule has 0 saturated carbocycles. The summed E-state index contributed by atoms with van der Waals surface area (Å²) in [6.45, 7) is 7.42. The first kappa shape index (κ1) is 20.5. The number of rotatable bonds is 5. The lowest BCUT2D eigenvalue weighted by Gasteiger charge is -2.11. The standard InChI is InChI=1S/C21H22ClN5O2/c1-12(2)20(28)23-15-6-5-7-16(11-15)24-21(29)19-17(22)8-9-18(25-19)27-14(4)10-13(3)26-27/h5-12H,1-4H3,(H,23,28)(H,24,29). The number of aromatic nitrogens is 3. The van der Waals surface area contributed by atoms with Crippen molar-refractivity contribution in [1.82, 2.24) is 14.8 Å². The molecule has 150 valence electrons. The van der Waals surface area contributed by atoms with Crippen molar-refractivity contribution in [2.45, 2.75) is 27.7 Å². The maximum absolute atomic E-state index is 12.8. The monoisotopic (exact) mass is 411 g/mol. The van der Waals surface area contributed by atoms with Gasteiger partial charge in [0.15, 0.2) is 5.82 Å². The molecular weight excluding hydrogens is 390 g/mol. The Balaban J connectivity index is 1.83. The van der Waals surface area contributed by atoms with E-state index in [1.807, 2.05) is 33.8 Å². The molecular formula is C21H22ClN5O2. The molecule has 0 bridgehead atoms. The highest BCUT2D eigenvalue weighted by Gasteiger charge is 2.16. The number of aryl methyl sites for hydroxylation is 2. The maximum Gasteiger partial charge on any atom is 0.275 e. The molecule has 29 heavy (non-hydrogen) atoms. The van der Waals surface area contributed by atoms with Gasteiger partial charge in [-0.15, -0.1) is 0 Å². The SMILES string of the molecule is Cc1cc(C)n(-c2ccc(Cl)c(C(=O)Nc3cccc(NC(=O)C(C)C)c3)n2)n1. The number of hydrogen-bond donors (Lipinski definition) is 2. The lowest BCUT2D eigenvalue weighted by atomic mass is 10.2. The summed E-state index contributed by atoms with van der Waals surface area (Å²) in [6, 6.07) is 12.2. The van der Waals surface area contributed by atoms with Crippen molar-refractivity contribution in [2.24, 2.45) is 5.92 Å². The summed E-state index contributed by atoms with van der Waals surface area (Å²) in [7, 11) is 0. The molecule has 0 saturated heterocycles. The van der Waals surface area contributed by atoms with E-state index in [0.29, 0.717) is 17.2 Å². The van der Waals surface area contributed by atoms with E-state index in [4.69, 9.17) is 11.6 Å². The van der Waals surface area contributed by atoms with Crippen LogP contribution in [0, 0.1) is 19.8 Å². The van der Waals surface area contributed by atoms with Gasteiger partial charge in [-0.05, 0) is 50.2 Å². The van der Waals surface area contributed by atoms with Crippen molar-refractivity contribution in [2.75, 3.05) is 10.6 Å². The van der Waals surface area contributed by atoms with Gasteiger partial charge in [-0.25, -0.2) is 9.67 Å². The molecule has 0 aliphatic heterocycles. The van der Waals surface area contributed by atoms with Crippen molar-refractivity contribution < 1.29 is 9.59 Å². The van der Waals surface area contributed by atoms with E-state index in [-0.39, 0.29) is 22.5 Å². The van der Waals surface area contributed by atoms with Crippen LogP contribution in [-0.4, -0.2) is 26.6 Å². The molecule has 2 aromatic heterocycles. The van der Waals surface area contributed by atoms with Crippen molar-refractivity contribution in [3.05, 3.63) is 64.6 Å². The third-order valence-electron chi connectivity index (χ3n) is 4.19. The second-order valence-electron chi connectivity index (χ2n) is 7.02. The van der Waals surface area contributed by atoms with Gasteiger partial charge in [-0.3, -0.25) is 9.59 Å². The van der Waals surface area contributed by atoms with Gasteiger partial charge in [0, 0.05) is 23.0 Å². The van der Waals surface area contributed by atoms with Crippen LogP contribution >= 0.6 is 11.6 Å². The van der Waals surface area contributed by atoms with Crippen LogP contribution in [0.3, 0.4) is 0 Å². The molecule has 1 aromatic carbocycles. The summed E-state index contributed by atoms with van der Waals surface area (Å²) in [6.07, 6.45) is 0. The normalized spacial score (nSPS) is 10.8. The number of pyridine rings is 1. The molecule has 0 spiro atoms. The first-order chi connectivity index (χ1) is 13.7. The van der Waals surface area contributed by atoms with E-state index in [1.54, 1.807) is 41.1 Å². The van der Waals surface area contributed by atoms with Crippen LogP contribution in [0.15, 0.2) is 42.5 Å². The summed E-state index contributed by atoms with van der Waals surface area (Å²) in [5.74, 6) is -0.196. The number of carbonyl (C=O) groups is 2. The minimum atomic E-state index is -0.453. The fourth-order valence-corrected chi connectivity index (χ4v) is 2.91. The zero-order valence-electron chi connectivity index (χ0n) is 16.7. The molecule has 0 aliphatic carbocycles. The van der Waals surface area contributed by atoms with Gasteiger partial charge in [-0.2, -0.15) is 5.10 Å². The van der Waals surface area contributed by atoms with Gasteiger partial charge in [0.05, 0.1) is 10.7 Å². The average molecular weight is 412 g/mol. The minimum Gasteiger partial charge on any atom is -0.326 e. The van der Waals surface area contributed by atoms with Crippen LogP contribution < -0.4 is 10.6 Å². The van der Waals surface area contributed by atoms with Crippen molar-refractivity contribution in [3.63, 3.8) is 0 Å². The first-order valence-corrected chi connectivity index (χ1v) is 9.55. The van der Waals surface area contributed by atoms with E-state index in [9.17, 15) is 9.59 Å². The van der Waals surface area contributed by atoms with E-state index in [2.05, 4.69) is 20.7 Å². The number of hydrogen-bond acceptors (Lipinski definition) is 4. The molecule has 2 N–H and O–H groups in total. The van der Waals surface area contributed by atoms with Crippen LogP contribution in [0.1, 0.15) is 35.7 Å². The molecule has 3 aromatic rings. The highest BCUT2D eigenvalue weighted by molar-refractivity contribution is 6.34. The van der Waals surface area contributed by atoms with Gasteiger partial charge >= 0.3 is 0 Å². The fourth-order valence-electron chi connectivity index (χ4n) is 2.72. The number of carbonyl (C=O) groups excluding carboxylic acids is 2. The molecule has 3 rings (SSSR count). The Bertz CT molecular complexity index is 1070. The number of amides is 2.